The maximum absolute atomic E-state index is 13.7. The van der Waals surface area contributed by atoms with Crippen molar-refractivity contribution in [3.63, 3.8) is 0 Å². The quantitative estimate of drug-likeness (QED) is 0.170. The monoisotopic (exact) mass is 582 g/mol. The largest absolute Gasteiger partial charge is 0.465 e. The Morgan fingerprint density at radius 2 is 1.85 bits per heavy atom. The first-order valence-electron chi connectivity index (χ1n) is 12.4. The Bertz CT molecular complexity index is 1980. The number of benzene rings is 3. The van der Waals surface area contributed by atoms with Crippen molar-refractivity contribution >= 4 is 60.9 Å². The zero-order valence-electron chi connectivity index (χ0n) is 21.2. The Labute approximate surface area is 231 Å². The molecule has 0 aliphatic heterocycles. The van der Waals surface area contributed by atoms with Gasteiger partial charge in [-0.25, -0.2) is 4.98 Å². The van der Waals surface area contributed by atoms with Crippen LogP contribution in [0.25, 0.3) is 44.4 Å². The van der Waals surface area contributed by atoms with E-state index in [0.29, 0.717) is 28.9 Å². The van der Waals surface area contributed by atoms with Gasteiger partial charge < -0.3 is 13.7 Å². The fourth-order valence-electron chi connectivity index (χ4n) is 4.79. The summed E-state index contributed by atoms with van der Waals surface area (Å²) >= 11 is 3.49. The van der Waals surface area contributed by atoms with Crippen molar-refractivity contribution in [3.8, 4) is 11.6 Å². The molecule has 3 aromatic carbocycles. The molecule has 0 amide bonds. The summed E-state index contributed by atoms with van der Waals surface area (Å²) in [5.74, 6) is 0.387. The molecular weight excluding hydrogens is 560 g/mol. The molecule has 0 bridgehead atoms. The van der Waals surface area contributed by atoms with Crippen LogP contribution in [0.5, 0.6) is 0 Å². The molecule has 9 heteroatoms. The second-order valence-corrected chi connectivity index (χ2v) is 9.93. The van der Waals surface area contributed by atoms with Crippen molar-refractivity contribution in [1.29, 1.82) is 0 Å². The lowest BCUT2D eigenvalue weighted by atomic mass is 10.1. The van der Waals surface area contributed by atoms with Crippen molar-refractivity contribution in [2.45, 2.75) is 20.4 Å². The van der Waals surface area contributed by atoms with E-state index in [9.17, 15) is 9.59 Å². The Kier molecular flexibility index (Phi) is 6.36. The number of hydrogen-bond acceptors (Lipinski definition) is 6. The summed E-state index contributed by atoms with van der Waals surface area (Å²) in [5, 5.41) is 6.86. The first kappa shape index (κ1) is 24.8. The number of halogens is 1. The molecule has 6 rings (SSSR count). The molecule has 0 radical (unpaired) electrons. The van der Waals surface area contributed by atoms with Crippen LogP contribution in [0.4, 0.5) is 0 Å². The molecule has 8 nitrogen and oxygen atoms in total. The molecule has 0 N–H and O–H groups in total. The molecular formula is C30H23BrN4O4. The maximum atomic E-state index is 13.7. The predicted octanol–water partition coefficient (Wildman–Crippen LogP) is 6.28. The molecule has 0 saturated heterocycles. The number of aromatic nitrogens is 3. The number of rotatable bonds is 6. The Hall–Kier alpha value is -4.50. The average Bonchev–Trinajstić information content (AvgIpc) is 3.47. The smallest absolute Gasteiger partial charge is 0.325 e. The molecule has 3 aromatic heterocycles. The Morgan fingerprint density at radius 3 is 2.67 bits per heavy atom. The lowest BCUT2D eigenvalue weighted by Gasteiger charge is -2.08. The number of hydrogen-bond donors (Lipinski definition) is 0. The average molecular weight is 583 g/mol. The van der Waals surface area contributed by atoms with E-state index in [1.54, 1.807) is 31.3 Å². The van der Waals surface area contributed by atoms with E-state index in [-0.39, 0.29) is 23.9 Å². The number of furan rings is 1. The number of para-hydroxylation sites is 2. The summed E-state index contributed by atoms with van der Waals surface area (Å²) in [5.41, 5.74) is 3.38. The summed E-state index contributed by atoms with van der Waals surface area (Å²) in [6.45, 7) is 4.08. The highest BCUT2D eigenvalue weighted by atomic mass is 79.9. The van der Waals surface area contributed by atoms with Gasteiger partial charge in [0.25, 0.3) is 5.56 Å². The van der Waals surface area contributed by atoms with Crippen molar-refractivity contribution in [2.24, 2.45) is 5.10 Å². The fourth-order valence-corrected chi connectivity index (χ4v) is 5.17. The van der Waals surface area contributed by atoms with Crippen LogP contribution in [0.3, 0.4) is 0 Å². The van der Waals surface area contributed by atoms with E-state index in [4.69, 9.17) is 14.1 Å². The zero-order chi connectivity index (χ0) is 27.1. The number of nitrogens with zero attached hydrogens (tertiary/aromatic N) is 4. The first-order chi connectivity index (χ1) is 18.9. The molecule has 0 spiro atoms. The lowest BCUT2D eigenvalue weighted by molar-refractivity contribution is -0.143. The van der Waals surface area contributed by atoms with Gasteiger partial charge in [-0.1, -0.05) is 46.3 Å². The third kappa shape index (κ3) is 4.44. The molecule has 0 fully saturated rings. The van der Waals surface area contributed by atoms with Gasteiger partial charge in [0.2, 0.25) is 5.82 Å². The summed E-state index contributed by atoms with van der Waals surface area (Å²) in [7, 11) is 0. The third-order valence-electron chi connectivity index (χ3n) is 6.63. The minimum Gasteiger partial charge on any atom is -0.465 e. The van der Waals surface area contributed by atoms with Crippen LogP contribution in [0.1, 0.15) is 18.2 Å². The van der Waals surface area contributed by atoms with Crippen LogP contribution in [0, 0.1) is 6.92 Å². The van der Waals surface area contributed by atoms with Gasteiger partial charge >= 0.3 is 5.97 Å². The molecule has 6 aromatic rings. The standard InChI is InChI=1S/C30H23BrN4O4/c1-3-38-28(36)17-34-18(2)23(21-8-5-7-11-25(21)34)16-32-35-29(33-24-10-6-4-9-22(24)30(35)37)27-15-19-14-20(31)12-13-26(19)39-27/h4-16H,3,17H2,1-2H3. The molecule has 39 heavy (non-hydrogen) atoms. The van der Waals surface area contributed by atoms with E-state index in [2.05, 4.69) is 21.0 Å². The number of esters is 1. The van der Waals surface area contributed by atoms with Gasteiger partial charge in [0.15, 0.2) is 5.76 Å². The Morgan fingerprint density at radius 1 is 1.08 bits per heavy atom. The summed E-state index contributed by atoms with van der Waals surface area (Å²) in [6, 6.07) is 22.4. The molecule has 194 valence electrons. The normalized spacial score (nSPS) is 11.8. The summed E-state index contributed by atoms with van der Waals surface area (Å²) in [4.78, 5) is 30.8. The molecule has 0 aliphatic rings. The minimum absolute atomic E-state index is 0.0747. The van der Waals surface area contributed by atoms with Gasteiger partial charge in [-0.2, -0.15) is 9.78 Å². The van der Waals surface area contributed by atoms with Crippen LogP contribution in [-0.2, 0) is 16.1 Å². The highest BCUT2D eigenvalue weighted by Crippen LogP contribution is 2.30. The van der Waals surface area contributed by atoms with Crippen molar-refractivity contribution in [2.75, 3.05) is 6.61 Å². The van der Waals surface area contributed by atoms with Crippen LogP contribution in [0.2, 0.25) is 0 Å². The van der Waals surface area contributed by atoms with Crippen molar-refractivity contribution < 1.29 is 13.9 Å². The number of fused-ring (bicyclic) bond motifs is 3. The van der Waals surface area contributed by atoms with Gasteiger partial charge in [-0.05, 0) is 56.3 Å². The topological polar surface area (TPSA) is 91.6 Å². The van der Waals surface area contributed by atoms with E-state index < -0.39 is 0 Å². The van der Waals surface area contributed by atoms with Gasteiger partial charge in [0.05, 0.1) is 23.7 Å². The highest BCUT2D eigenvalue weighted by Gasteiger charge is 2.18. The van der Waals surface area contributed by atoms with E-state index in [1.165, 1.54) is 4.68 Å². The Balaban J connectivity index is 1.54. The molecule has 0 atom stereocenters. The second-order valence-electron chi connectivity index (χ2n) is 9.01. The third-order valence-corrected chi connectivity index (χ3v) is 7.12. The minimum atomic E-state index is -0.321. The second kappa shape index (κ2) is 9.99. The van der Waals surface area contributed by atoms with Crippen molar-refractivity contribution in [1.82, 2.24) is 14.2 Å². The summed E-state index contributed by atoms with van der Waals surface area (Å²) < 4.78 is 15.4. The molecule has 0 unspecified atom stereocenters. The zero-order valence-corrected chi connectivity index (χ0v) is 22.8. The lowest BCUT2D eigenvalue weighted by Crippen LogP contribution is -2.20. The van der Waals surface area contributed by atoms with Gasteiger partial charge in [-0.15, -0.1) is 0 Å². The number of ether oxygens (including phenoxy) is 1. The molecule has 0 saturated carbocycles. The van der Waals surface area contributed by atoms with Crippen molar-refractivity contribution in [3.05, 3.63) is 98.9 Å². The number of carbonyl (C=O) groups excluding carboxylic acids is 1. The highest BCUT2D eigenvalue weighted by molar-refractivity contribution is 9.10. The summed E-state index contributed by atoms with van der Waals surface area (Å²) in [6.07, 6.45) is 1.64. The van der Waals surface area contributed by atoms with Crippen LogP contribution in [-0.4, -0.2) is 33.0 Å². The van der Waals surface area contributed by atoms with E-state index in [1.807, 2.05) is 66.1 Å². The molecule has 3 heterocycles. The van der Waals surface area contributed by atoms with E-state index in [0.717, 1.165) is 32.0 Å². The predicted molar refractivity (Wildman–Crippen MR) is 155 cm³/mol. The van der Waals surface area contributed by atoms with Gasteiger partial charge in [0, 0.05) is 32.0 Å². The molecule has 0 aliphatic carbocycles. The van der Waals surface area contributed by atoms with Gasteiger partial charge in [0.1, 0.15) is 12.1 Å². The first-order valence-corrected chi connectivity index (χ1v) is 13.2. The van der Waals surface area contributed by atoms with Crippen LogP contribution >= 0.6 is 15.9 Å². The SMILES string of the molecule is CCOC(=O)Cn1c(C)c(C=Nn2c(-c3cc4cc(Br)ccc4o3)nc3ccccc3c2=O)c2ccccc21. The van der Waals surface area contributed by atoms with Crippen LogP contribution in [0.15, 0.2) is 91.6 Å². The maximum Gasteiger partial charge on any atom is 0.325 e. The van der Waals surface area contributed by atoms with Crippen LogP contribution < -0.4 is 5.56 Å². The van der Waals surface area contributed by atoms with E-state index >= 15 is 0 Å². The van der Waals surface area contributed by atoms with Gasteiger partial charge in [-0.3, -0.25) is 9.59 Å². The number of carbonyl (C=O) groups is 1. The fraction of sp³-hybridized carbons (Fsp3) is 0.133.